The maximum absolute atomic E-state index is 10.5. The summed E-state index contributed by atoms with van der Waals surface area (Å²) in [5.74, 6) is 0.633. The highest BCUT2D eigenvalue weighted by atomic mass is 127. The monoisotopic (exact) mass is 511 g/mol. The number of benzene rings is 2. The van der Waals surface area contributed by atoms with Crippen LogP contribution in [0, 0.1) is 0 Å². The number of nitrogens with zero attached hydrogens (tertiary/aromatic N) is 1. The summed E-state index contributed by atoms with van der Waals surface area (Å²) in [6, 6.07) is 20.2. The van der Waals surface area contributed by atoms with E-state index in [0.717, 1.165) is 15.8 Å². The number of rotatable bonds is 7. The highest BCUT2D eigenvalue weighted by Crippen LogP contribution is 2.29. The first-order valence-corrected chi connectivity index (χ1v) is 9.71. The third-order valence-electron chi connectivity index (χ3n) is 4.37. The smallest absolute Gasteiger partial charge is 0.191 e. The van der Waals surface area contributed by atoms with Crippen molar-refractivity contribution >= 4 is 51.4 Å². The van der Waals surface area contributed by atoms with Gasteiger partial charge in [-0.3, -0.25) is 4.99 Å². The van der Waals surface area contributed by atoms with E-state index in [2.05, 4.69) is 27.8 Å². The Labute approximate surface area is 186 Å². The second-order valence-electron chi connectivity index (χ2n) is 6.17. The predicted octanol–water partition coefficient (Wildman–Crippen LogP) is 4.11. The first kappa shape index (κ1) is 22.6. The van der Waals surface area contributed by atoms with Crippen molar-refractivity contribution in [1.82, 2.24) is 10.6 Å². The van der Waals surface area contributed by atoms with Crippen LogP contribution in [-0.4, -0.2) is 38.3 Å². The van der Waals surface area contributed by atoms with Gasteiger partial charge in [0.1, 0.15) is 6.10 Å². The molecule has 1 heterocycles. The van der Waals surface area contributed by atoms with Crippen LogP contribution in [0.5, 0.6) is 0 Å². The van der Waals surface area contributed by atoms with Gasteiger partial charge in [0.2, 0.25) is 0 Å². The lowest BCUT2D eigenvalue weighted by molar-refractivity contribution is 0.106. The van der Waals surface area contributed by atoms with Crippen molar-refractivity contribution in [2.24, 2.45) is 4.99 Å². The first-order valence-electron chi connectivity index (χ1n) is 8.90. The molecule has 0 aliphatic rings. The Morgan fingerprint density at radius 3 is 2.43 bits per heavy atom. The maximum Gasteiger partial charge on any atom is 0.191 e. The van der Waals surface area contributed by atoms with Crippen molar-refractivity contribution in [1.29, 1.82) is 0 Å². The highest BCUT2D eigenvalue weighted by molar-refractivity contribution is 14.0. The molecule has 3 aromatic rings. The Morgan fingerprint density at radius 2 is 1.75 bits per heavy atom. The lowest BCUT2D eigenvalue weighted by Crippen LogP contribution is -2.41. The number of ether oxygens (including phenoxy) is 1. The Morgan fingerprint density at radius 1 is 1.07 bits per heavy atom. The number of hydrogen-bond acceptors (Lipinski definition) is 4. The second-order valence-corrected chi connectivity index (χ2v) is 7.29. The summed E-state index contributed by atoms with van der Waals surface area (Å²) in [7, 11) is 3.41. The van der Waals surface area contributed by atoms with Crippen LogP contribution < -0.4 is 10.6 Å². The Bertz CT molecular complexity index is 853. The topological polar surface area (TPSA) is 65.9 Å². The number of nitrogens with one attached hydrogen (secondary N) is 2. The molecule has 0 bridgehead atoms. The van der Waals surface area contributed by atoms with Crippen molar-refractivity contribution in [3.8, 4) is 0 Å². The average molecular weight is 511 g/mol. The van der Waals surface area contributed by atoms with Gasteiger partial charge < -0.3 is 20.5 Å². The standard InChI is InChI=1S/C21H25N3O2S.HI/c1-22-21(24-14-18(26-2)15-8-4-3-5-9-15)23-13-17(25)20-12-16-10-6-7-11-19(16)27-20;/h3-12,17-18,25H,13-14H2,1-2H3,(H2,22,23,24);1H. The third-order valence-corrected chi connectivity index (χ3v) is 5.59. The zero-order valence-corrected chi connectivity index (χ0v) is 19.1. The minimum atomic E-state index is -0.590. The minimum absolute atomic E-state index is 0. The van der Waals surface area contributed by atoms with E-state index in [-0.39, 0.29) is 30.1 Å². The quantitative estimate of drug-likeness (QED) is 0.254. The molecule has 2 unspecified atom stereocenters. The van der Waals surface area contributed by atoms with Gasteiger partial charge in [0.25, 0.3) is 0 Å². The van der Waals surface area contributed by atoms with Crippen molar-refractivity contribution in [3.05, 3.63) is 71.1 Å². The number of methoxy groups -OCH3 is 1. The van der Waals surface area contributed by atoms with Crippen LogP contribution in [0.1, 0.15) is 22.6 Å². The number of hydrogen-bond donors (Lipinski definition) is 3. The molecule has 5 nitrogen and oxygen atoms in total. The zero-order chi connectivity index (χ0) is 19.1. The predicted molar refractivity (Wildman–Crippen MR) is 128 cm³/mol. The van der Waals surface area contributed by atoms with E-state index in [9.17, 15) is 5.11 Å². The number of fused-ring (bicyclic) bond motifs is 1. The van der Waals surface area contributed by atoms with Gasteiger partial charge in [0.15, 0.2) is 5.96 Å². The number of aliphatic hydroxyl groups excluding tert-OH is 1. The third kappa shape index (κ3) is 5.91. The molecule has 150 valence electrons. The molecule has 1 aromatic heterocycles. The molecular formula is C21H26IN3O2S. The molecular weight excluding hydrogens is 485 g/mol. The molecule has 0 saturated carbocycles. The molecule has 3 N–H and O–H groups in total. The van der Waals surface area contributed by atoms with Crippen LogP contribution in [0.25, 0.3) is 10.1 Å². The summed E-state index contributed by atoms with van der Waals surface area (Å²) >= 11 is 1.61. The van der Waals surface area contributed by atoms with Crippen LogP contribution in [-0.2, 0) is 4.74 Å². The largest absolute Gasteiger partial charge is 0.386 e. The lowest BCUT2D eigenvalue weighted by atomic mass is 10.1. The molecule has 0 aliphatic heterocycles. The van der Waals surface area contributed by atoms with E-state index in [1.165, 1.54) is 4.70 Å². The average Bonchev–Trinajstić information content (AvgIpc) is 3.15. The molecule has 0 fully saturated rings. The molecule has 0 amide bonds. The van der Waals surface area contributed by atoms with E-state index >= 15 is 0 Å². The van der Waals surface area contributed by atoms with Crippen molar-refractivity contribution in [3.63, 3.8) is 0 Å². The molecule has 28 heavy (non-hydrogen) atoms. The molecule has 0 saturated heterocycles. The van der Waals surface area contributed by atoms with Gasteiger partial charge in [-0.05, 0) is 23.1 Å². The van der Waals surface area contributed by atoms with Crippen molar-refractivity contribution in [2.45, 2.75) is 12.2 Å². The van der Waals surface area contributed by atoms with Crippen LogP contribution in [0.15, 0.2) is 65.7 Å². The van der Waals surface area contributed by atoms with E-state index in [1.54, 1.807) is 25.5 Å². The number of halogens is 1. The molecule has 7 heteroatoms. The number of aliphatic hydroxyl groups is 1. The summed E-state index contributed by atoms with van der Waals surface area (Å²) in [5, 5.41) is 18.1. The van der Waals surface area contributed by atoms with E-state index in [0.29, 0.717) is 19.0 Å². The maximum atomic E-state index is 10.5. The summed E-state index contributed by atoms with van der Waals surface area (Å²) in [5.41, 5.74) is 1.10. The second kappa shape index (κ2) is 11.4. The summed E-state index contributed by atoms with van der Waals surface area (Å²) in [4.78, 5) is 5.17. The van der Waals surface area contributed by atoms with Crippen LogP contribution in [0.3, 0.4) is 0 Å². The summed E-state index contributed by atoms with van der Waals surface area (Å²) in [6.07, 6.45) is -0.662. The van der Waals surface area contributed by atoms with Gasteiger partial charge in [-0.2, -0.15) is 0 Å². The molecule has 0 spiro atoms. The fraction of sp³-hybridized carbons (Fsp3) is 0.286. The van der Waals surface area contributed by atoms with Gasteiger partial charge in [-0.25, -0.2) is 0 Å². The molecule has 2 aromatic carbocycles. The number of guanidine groups is 1. The number of aliphatic imine (C=N–C) groups is 1. The SMILES string of the molecule is CN=C(NCC(O)c1cc2ccccc2s1)NCC(OC)c1ccccc1.I. The van der Waals surface area contributed by atoms with Crippen LogP contribution >= 0.6 is 35.3 Å². The zero-order valence-electron chi connectivity index (χ0n) is 16.0. The first-order chi connectivity index (χ1) is 13.2. The van der Waals surface area contributed by atoms with E-state index in [4.69, 9.17) is 4.74 Å². The van der Waals surface area contributed by atoms with Gasteiger partial charge in [0.05, 0.1) is 6.10 Å². The number of thiophene rings is 1. The highest BCUT2D eigenvalue weighted by Gasteiger charge is 2.14. The van der Waals surface area contributed by atoms with Gasteiger partial charge in [-0.1, -0.05) is 48.5 Å². The lowest BCUT2D eigenvalue weighted by Gasteiger charge is -2.19. The summed E-state index contributed by atoms with van der Waals surface area (Å²) < 4.78 is 6.75. The van der Waals surface area contributed by atoms with Crippen molar-refractivity contribution in [2.75, 3.05) is 27.2 Å². The Kier molecular flexibility index (Phi) is 9.17. The van der Waals surface area contributed by atoms with Crippen LogP contribution in [0.2, 0.25) is 0 Å². The van der Waals surface area contributed by atoms with Gasteiger partial charge in [0, 0.05) is 36.8 Å². The van der Waals surface area contributed by atoms with Gasteiger partial charge in [-0.15, -0.1) is 35.3 Å². The molecule has 2 atom stereocenters. The van der Waals surface area contributed by atoms with E-state index in [1.807, 2.05) is 48.5 Å². The summed E-state index contributed by atoms with van der Waals surface area (Å²) in [6.45, 7) is 0.967. The normalized spacial score (nSPS) is 13.6. The van der Waals surface area contributed by atoms with E-state index < -0.39 is 6.10 Å². The Hall–Kier alpha value is -1.68. The minimum Gasteiger partial charge on any atom is -0.386 e. The molecule has 3 rings (SSSR count). The fourth-order valence-electron chi connectivity index (χ4n) is 2.88. The van der Waals surface area contributed by atoms with Crippen LogP contribution in [0.4, 0.5) is 0 Å². The van der Waals surface area contributed by atoms with Gasteiger partial charge >= 0.3 is 0 Å². The fourth-order valence-corrected chi connectivity index (χ4v) is 3.93. The van der Waals surface area contributed by atoms with Crippen molar-refractivity contribution < 1.29 is 9.84 Å². The molecule has 0 radical (unpaired) electrons. The molecule has 0 aliphatic carbocycles. The Balaban J connectivity index is 0.00000280.